The number of rotatable bonds is 10. The van der Waals surface area contributed by atoms with E-state index in [1.807, 2.05) is 6.92 Å². The lowest BCUT2D eigenvalue weighted by molar-refractivity contribution is 0.145. The molecule has 0 amide bonds. The molecule has 1 rings (SSSR count). The van der Waals surface area contributed by atoms with Crippen LogP contribution in [0.3, 0.4) is 0 Å². The number of ether oxygens (including phenoxy) is 1. The average Bonchev–Trinajstić information content (AvgIpc) is 2.58. The maximum Gasteiger partial charge on any atom is 0.191 e. The molecule has 1 atom stereocenters. The van der Waals surface area contributed by atoms with E-state index in [9.17, 15) is 0 Å². The van der Waals surface area contributed by atoms with Gasteiger partial charge in [0, 0.05) is 45.9 Å². The third-order valence-electron chi connectivity index (χ3n) is 3.78. The van der Waals surface area contributed by atoms with Crippen molar-refractivity contribution in [2.75, 3.05) is 40.4 Å². The Labute approximate surface area is 164 Å². The molecule has 0 aromatic heterocycles. The van der Waals surface area contributed by atoms with Crippen LogP contribution in [0.5, 0.6) is 0 Å². The maximum atomic E-state index is 5.33. The van der Waals surface area contributed by atoms with Gasteiger partial charge in [-0.2, -0.15) is 0 Å². The Hall–Kier alpha value is -0.860. The van der Waals surface area contributed by atoms with Gasteiger partial charge in [0.25, 0.3) is 0 Å². The zero-order chi connectivity index (χ0) is 16.9. The Kier molecular flexibility index (Phi) is 14.0. The lowest BCUT2D eigenvalue weighted by atomic mass is 10.2. The molecule has 0 aliphatic rings. The third-order valence-corrected chi connectivity index (χ3v) is 3.78. The Balaban J connectivity index is 0.00000529. The zero-order valence-electron chi connectivity index (χ0n) is 15.4. The summed E-state index contributed by atoms with van der Waals surface area (Å²) in [6.07, 6.45) is 0.984. The van der Waals surface area contributed by atoms with E-state index in [1.54, 1.807) is 7.05 Å². The summed E-state index contributed by atoms with van der Waals surface area (Å²) < 4.78 is 5.33. The summed E-state index contributed by atoms with van der Waals surface area (Å²) in [5.41, 5.74) is 1.33. The summed E-state index contributed by atoms with van der Waals surface area (Å²) in [6.45, 7) is 8.47. The van der Waals surface area contributed by atoms with Crippen molar-refractivity contribution in [1.82, 2.24) is 15.5 Å². The smallest absolute Gasteiger partial charge is 0.191 e. The van der Waals surface area contributed by atoms with Gasteiger partial charge < -0.3 is 15.4 Å². The van der Waals surface area contributed by atoms with Crippen LogP contribution in [0.25, 0.3) is 0 Å². The van der Waals surface area contributed by atoms with Gasteiger partial charge in [-0.3, -0.25) is 9.89 Å². The Morgan fingerprint density at radius 2 is 1.96 bits per heavy atom. The van der Waals surface area contributed by atoms with Gasteiger partial charge in [0.05, 0.1) is 0 Å². The monoisotopic (exact) mass is 448 g/mol. The fourth-order valence-corrected chi connectivity index (χ4v) is 2.17. The molecule has 0 bridgehead atoms. The second-order valence-corrected chi connectivity index (χ2v) is 5.68. The van der Waals surface area contributed by atoms with E-state index in [0.29, 0.717) is 6.04 Å². The van der Waals surface area contributed by atoms with Crippen molar-refractivity contribution in [3.8, 4) is 0 Å². The first kappa shape index (κ1) is 23.1. The zero-order valence-corrected chi connectivity index (χ0v) is 17.7. The molecular formula is C18H33IN4O. The van der Waals surface area contributed by atoms with Gasteiger partial charge >= 0.3 is 0 Å². The van der Waals surface area contributed by atoms with Gasteiger partial charge in [0.1, 0.15) is 0 Å². The van der Waals surface area contributed by atoms with Crippen LogP contribution in [0, 0.1) is 0 Å². The van der Waals surface area contributed by atoms with Crippen molar-refractivity contribution in [2.45, 2.75) is 32.9 Å². The molecule has 0 aliphatic heterocycles. The summed E-state index contributed by atoms with van der Waals surface area (Å²) in [7, 11) is 3.95. The van der Waals surface area contributed by atoms with E-state index in [-0.39, 0.29) is 24.0 Å². The van der Waals surface area contributed by atoms with E-state index in [4.69, 9.17) is 4.74 Å². The second kappa shape index (κ2) is 14.5. The number of nitrogens with zero attached hydrogens (tertiary/aromatic N) is 2. The largest absolute Gasteiger partial charge is 0.382 e. The first-order valence-corrected chi connectivity index (χ1v) is 8.43. The van der Waals surface area contributed by atoms with Crippen molar-refractivity contribution in [3.63, 3.8) is 0 Å². The highest BCUT2D eigenvalue weighted by Gasteiger charge is 2.10. The molecule has 1 aromatic carbocycles. The summed E-state index contributed by atoms with van der Waals surface area (Å²) >= 11 is 0. The molecule has 138 valence electrons. The molecule has 0 saturated carbocycles. The van der Waals surface area contributed by atoms with Crippen LogP contribution in [-0.2, 0) is 11.3 Å². The van der Waals surface area contributed by atoms with Crippen LogP contribution >= 0.6 is 24.0 Å². The van der Waals surface area contributed by atoms with Crippen molar-refractivity contribution in [2.24, 2.45) is 4.99 Å². The molecule has 6 heteroatoms. The molecule has 1 unspecified atom stereocenters. The minimum atomic E-state index is 0. The molecule has 0 heterocycles. The maximum absolute atomic E-state index is 5.33. The van der Waals surface area contributed by atoms with Crippen LogP contribution in [0.15, 0.2) is 35.3 Å². The number of likely N-dealkylation sites (N-methyl/N-ethyl adjacent to an activating group) is 1. The molecule has 1 aromatic rings. The van der Waals surface area contributed by atoms with Crippen LogP contribution in [0.4, 0.5) is 0 Å². The van der Waals surface area contributed by atoms with Crippen molar-refractivity contribution in [3.05, 3.63) is 35.9 Å². The van der Waals surface area contributed by atoms with Gasteiger partial charge in [-0.05, 0) is 32.9 Å². The molecule has 0 spiro atoms. The molecule has 0 fully saturated rings. The second-order valence-electron chi connectivity index (χ2n) is 5.68. The number of guanidine groups is 1. The predicted octanol–water partition coefficient (Wildman–Crippen LogP) is 2.72. The minimum Gasteiger partial charge on any atom is -0.382 e. The van der Waals surface area contributed by atoms with Gasteiger partial charge in [-0.25, -0.2) is 0 Å². The van der Waals surface area contributed by atoms with E-state index < -0.39 is 0 Å². The Morgan fingerprint density at radius 1 is 1.25 bits per heavy atom. The third kappa shape index (κ3) is 10.1. The summed E-state index contributed by atoms with van der Waals surface area (Å²) in [6, 6.07) is 11.0. The Bertz CT molecular complexity index is 442. The fourth-order valence-electron chi connectivity index (χ4n) is 2.17. The highest BCUT2D eigenvalue weighted by atomic mass is 127. The van der Waals surface area contributed by atoms with Crippen molar-refractivity contribution in [1.29, 1.82) is 0 Å². The standard InChI is InChI=1S/C18H32N4O.HI/c1-5-23-13-9-12-20-18(19-3)21-14-16(2)22(4)15-17-10-7-6-8-11-17;/h6-8,10-11,16H,5,9,12-15H2,1-4H3,(H2,19,20,21);1H. The number of nitrogens with one attached hydrogen (secondary N) is 2. The number of aliphatic imine (C=N–C) groups is 1. The molecule has 5 nitrogen and oxygen atoms in total. The van der Waals surface area contributed by atoms with Crippen molar-refractivity contribution < 1.29 is 4.74 Å². The number of hydrogen-bond donors (Lipinski definition) is 2. The van der Waals surface area contributed by atoms with Crippen LogP contribution < -0.4 is 10.6 Å². The highest BCUT2D eigenvalue weighted by molar-refractivity contribution is 14.0. The summed E-state index contributed by atoms with van der Waals surface area (Å²) in [5, 5.41) is 6.70. The molecule has 0 saturated heterocycles. The van der Waals surface area contributed by atoms with Gasteiger partial charge in [-0.15, -0.1) is 24.0 Å². The minimum absolute atomic E-state index is 0. The van der Waals surface area contributed by atoms with Crippen LogP contribution in [-0.4, -0.2) is 57.3 Å². The quantitative estimate of drug-likeness (QED) is 0.250. The van der Waals surface area contributed by atoms with Gasteiger partial charge in [0.15, 0.2) is 5.96 Å². The first-order chi connectivity index (χ1) is 11.2. The molecule has 0 aliphatic carbocycles. The fraction of sp³-hybridized carbons (Fsp3) is 0.611. The number of benzene rings is 1. The highest BCUT2D eigenvalue weighted by Crippen LogP contribution is 2.05. The normalized spacial score (nSPS) is 12.6. The molecular weight excluding hydrogens is 415 g/mol. The lowest BCUT2D eigenvalue weighted by Gasteiger charge is -2.25. The predicted molar refractivity (Wildman–Crippen MR) is 113 cm³/mol. The van der Waals surface area contributed by atoms with Gasteiger partial charge in [0.2, 0.25) is 0 Å². The number of halogens is 1. The van der Waals surface area contributed by atoms with E-state index >= 15 is 0 Å². The van der Waals surface area contributed by atoms with E-state index in [0.717, 1.165) is 45.2 Å². The SMILES string of the molecule is CCOCCCNC(=NC)NCC(C)N(C)Cc1ccccc1.I. The summed E-state index contributed by atoms with van der Waals surface area (Å²) in [5.74, 6) is 0.849. The molecule has 2 N–H and O–H groups in total. The molecule has 0 radical (unpaired) electrons. The van der Waals surface area contributed by atoms with E-state index in [2.05, 4.69) is 64.8 Å². The van der Waals surface area contributed by atoms with Gasteiger partial charge in [-0.1, -0.05) is 30.3 Å². The average molecular weight is 448 g/mol. The first-order valence-electron chi connectivity index (χ1n) is 8.43. The summed E-state index contributed by atoms with van der Waals surface area (Å²) in [4.78, 5) is 6.59. The van der Waals surface area contributed by atoms with E-state index in [1.165, 1.54) is 5.56 Å². The lowest BCUT2D eigenvalue weighted by Crippen LogP contribution is -2.45. The molecule has 24 heavy (non-hydrogen) atoms. The van der Waals surface area contributed by atoms with Crippen LogP contribution in [0.2, 0.25) is 0 Å². The topological polar surface area (TPSA) is 48.9 Å². The Morgan fingerprint density at radius 3 is 2.58 bits per heavy atom. The number of hydrogen-bond acceptors (Lipinski definition) is 3. The van der Waals surface area contributed by atoms with Crippen LogP contribution in [0.1, 0.15) is 25.8 Å². The van der Waals surface area contributed by atoms with Crippen molar-refractivity contribution >= 4 is 29.9 Å².